The number of hydrogen-bond acceptors (Lipinski definition) is 4. The largest absolute Gasteiger partial charge is 0.386 e. The first-order valence-corrected chi connectivity index (χ1v) is 8.69. The molecule has 3 N–H and O–H groups in total. The molecule has 1 aliphatic rings. The normalized spacial score (nSPS) is 13.7. The number of H-pyrrole nitrogens is 1. The highest BCUT2D eigenvalue weighted by Gasteiger charge is 2.19. The molecule has 1 aliphatic heterocycles. The van der Waals surface area contributed by atoms with Crippen LogP contribution in [0, 0.1) is 0 Å². The summed E-state index contributed by atoms with van der Waals surface area (Å²) >= 11 is 5.85. The molecule has 7 nitrogen and oxygen atoms in total. The van der Waals surface area contributed by atoms with Crippen LogP contribution in [0.4, 0.5) is 0 Å². The van der Waals surface area contributed by atoms with Crippen molar-refractivity contribution >= 4 is 34.3 Å². The van der Waals surface area contributed by atoms with Gasteiger partial charge in [0, 0.05) is 25.2 Å². The molecule has 3 heterocycles. The highest BCUT2D eigenvalue weighted by atomic mass is 35.5. The van der Waals surface area contributed by atoms with Gasteiger partial charge >= 0.3 is 0 Å². The van der Waals surface area contributed by atoms with Gasteiger partial charge in [-0.15, -0.1) is 0 Å². The van der Waals surface area contributed by atoms with Crippen molar-refractivity contribution in [3.05, 3.63) is 52.7 Å². The number of amides is 2. The Bertz CT molecular complexity index is 915. The number of fused-ring (bicyclic) bond motifs is 1. The number of carbonyl (C=O) groups excluding carboxylic acids is 2. The van der Waals surface area contributed by atoms with Gasteiger partial charge in [-0.2, -0.15) is 0 Å². The SMILES string of the molecule is CCC1=CCNC=C1N(C)C(=O)CNC(=O)c1cc2cc(Cl)ncc2[nH]1. The molecule has 0 unspecified atom stereocenters. The van der Waals surface area contributed by atoms with E-state index in [1.807, 2.05) is 13.1 Å². The molecule has 0 spiro atoms. The average Bonchev–Trinajstić information content (AvgIpc) is 3.08. The molecule has 0 atom stereocenters. The third-order valence-corrected chi connectivity index (χ3v) is 4.47. The van der Waals surface area contributed by atoms with Gasteiger partial charge in [0.1, 0.15) is 10.8 Å². The van der Waals surface area contributed by atoms with Crippen molar-refractivity contribution in [1.82, 2.24) is 25.5 Å². The van der Waals surface area contributed by atoms with E-state index in [1.54, 1.807) is 30.3 Å². The van der Waals surface area contributed by atoms with Gasteiger partial charge in [0.15, 0.2) is 0 Å². The lowest BCUT2D eigenvalue weighted by Crippen LogP contribution is -2.39. The molecule has 0 bridgehead atoms. The number of carbonyl (C=O) groups is 2. The number of rotatable bonds is 5. The van der Waals surface area contributed by atoms with Crippen molar-refractivity contribution in [1.29, 1.82) is 0 Å². The quantitative estimate of drug-likeness (QED) is 0.701. The van der Waals surface area contributed by atoms with E-state index in [2.05, 4.69) is 26.7 Å². The smallest absolute Gasteiger partial charge is 0.268 e. The number of likely N-dealkylation sites (N-methyl/N-ethyl adjacent to an activating group) is 1. The van der Waals surface area contributed by atoms with Crippen LogP contribution < -0.4 is 10.6 Å². The van der Waals surface area contributed by atoms with Crippen molar-refractivity contribution in [2.75, 3.05) is 20.1 Å². The maximum atomic E-state index is 12.4. The van der Waals surface area contributed by atoms with E-state index in [0.717, 1.165) is 29.6 Å². The molecule has 26 heavy (non-hydrogen) atoms. The van der Waals surface area contributed by atoms with Gasteiger partial charge in [0.2, 0.25) is 5.91 Å². The first-order valence-electron chi connectivity index (χ1n) is 8.31. The molecule has 0 saturated carbocycles. The Morgan fingerprint density at radius 2 is 2.19 bits per heavy atom. The summed E-state index contributed by atoms with van der Waals surface area (Å²) in [6.07, 6.45) is 6.28. The zero-order valence-electron chi connectivity index (χ0n) is 14.6. The second-order valence-corrected chi connectivity index (χ2v) is 6.32. The summed E-state index contributed by atoms with van der Waals surface area (Å²) in [5, 5.41) is 6.89. The molecule has 2 aromatic heterocycles. The monoisotopic (exact) mass is 373 g/mol. The van der Waals surface area contributed by atoms with Crippen molar-refractivity contribution in [3.63, 3.8) is 0 Å². The van der Waals surface area contributed by atoms with Gasteiger partial charge in [-0.25, -0.2) is 4.98 Å². The first-order chi connectivity index (χ1) is 12.5. The van der Waals surface area contributed by atoms with Crippen LogP contribution >= 0.6 is 11.6 Å². The van der Waals surface area contributed by atoms with Crippen molar-refractivity contribution in [2.45, 2.75) is 13.3 Å². The predicted octanol–water partition coefficient (Wildman–Crippen LogP) is 2.19. The number of halogens is 1. The van der Waals surface area contributed by atoms with Crippen LogP contribution in [0.25, 0.3) is 10.9 Å². The Morgan fingerprint density at radius 1 is 1.38 bits per heavy atom. The maximum Gasteiger partial charge on any atom is 0.268 e. The van der Waals surface area contributed by atoms with Crippen LogP contribution in [-0.4, -0.2) is 46.8 Å². The summed E-state index contributed by atoms with van der Waals surface area (Å²) in [4.78, 5) is 33.2. The first kappa shape index (κ1) is 18.0. The third kappa shape index (κ3) is 3.72. The molecule has 2 aromatic rings. The Hall–Kier alpha value is -2.80. The summed E-state index contributed by atoms with van der Waals surface area (Å²) in [7, 11) is 1.70. The van der Waals surface area contributed by atoms with Crippen LogP contribution in [0.1, 0.15) is 23.8 Å². The summed E-state index contributed by atoms with van der Waals surface area (Å²) < 4.78 is 0. The third-order valence-electron chi connectivity index (χ3n) is 4.27. The van der Waals surface area contributed by atoms with Crippen molar-refractivity contribution < 1.29 is 9.59 Å². The van der Waals surface area contributed by atoms with Crippen LogP contribution in [-0.2, 0) is 4.79 Å². The van der Waals surface area contributed by atoms with Gasteiger partial charge in [-0.3, -0.25) is 9.59 Å². The summed E-state index contributed by atoms with van der Waals surface area (Å²) in [5.74, 6) is -0.561. The van der Waals surface area contributed by atoms with Gasteiger partial charge in [-0.1, -0.05) is 24.6 Å². The number of pyridine rings is 1. The molecule has 3 rings (SSSR count). The molecule has 0 fully saturated rings. The topological polar surface area (TPSA) is 90.1 Å². The number of aromatic amines is 1. The fourth-order valence-electron chi connectivity index (χ4n) is 2.80. The molecular weight excluding hydrogens is 354 g/mol. The second kappa shape index (κ2) is 7.61. The van der Waals surface area contributed by atoms with E-state index >= 15 is 0 Å². The van der Waals surface area contributed by atoms with Gasteiger partial charge < -0.3 is 20.5 Å². The highest BCUT2D eigenvalue weighted by Crippen LogP contribution is 2.19. The molecule has 0 saturated heterocycles. The van der Waals surface area contributed by atoms with Gasteiger partial charge in [-0.05, 0) is 24.1 Å². The van der Waals surface area contributed by atoms with E-state index < -0.39 is 0 Å². The van der Waals surface area contributed by atoms with Gasteiger partial charge in [0.05, 0.1) is 24.0 Å². The zero-order valence-corrected chi connectivity index (χ0v) is 15.4. The summed E-state index contributed by atoms with van der Waals surface area (Å²) in [5.41, 5.74) is 2.99. The lowest BCUT2D eigenvalue weighted by Gasteiger charge is -2.25. The van der Waals surface area contributed by atoms with E-state index in [-0.39, 0.29) is 18.4 Å². The molecule has 0 aromatic carbocycles. The fourth-order valence-corrected chi connectivity index (χ4v) is 2.97. The molecule has 8 heteroatoms. The number of nitrogens with one attached hydrogen (secondary N) is 3. The Labute approximate surface area is 156 Å². The predicted molar refractivity (Wildman–Crippen MR) is 101 cm³/mol. The van der Waals surface area contributed by atoms with Crippen molar-refractivity contribution in [3.8, 4) is 0 Å². The van der Waals surface area contributed by atoms with Crippen molar-refractivity contribution in [2.24, 2.45) is 0 Å². The zero-order chi connectivity index (χ0) is 18.7. The van der Waals surface area contributed by atoms with Crippen LogP contribution in [0.5, 0.6) is 0 Å². The molecule has 2 amide bonds. The minimum Gasteiger partial charge on any atom is -0.386 e. The molecule has 0 radical (unpaired) electrons. The Kier molecular flexibility index (Phi) is 5.27. The van der Waals surface area contributed by atoms with Crippen LogP contribution in [0.15, 0.2) is 41.9 Å². The molecule has 136 valence electrons. The maximum absolute atomic E-state index is 12.4. The van der Waals surface area contributed by atoms with E-state index in [9.17, 15) is 9.59 Å². The number of dihydropyridines is 1. The van der Waals surface area contributed by atoms with E-state index in [1.165, 1.54) is 0 Å². The van der Waals surface area contributed by atoms with E-state index in [0.29, 0.717) is 16.4 Å². The highest BCUT2D eigenvalue weighted by molar-refractivity contribution is 6.30. The number of nitrogens with zero attached hydrogens (tertiary/aromatic N) is 2. The lowest BCUT2D eigenvalue weighted by molar-refractivity contribution is -0.127. The minimum atomic E-state index is -0.360. The number of hydrogen-bond donors (Lipinski definition) is 3. The fraction of sp³-hybridized carbons (Fsp3) is 0.278. The Morgan fingerprint density at radius 3 is 2.96 bits per heavy atom. The standard InChI is InChI=1S/C18H20ClN5O2/c1-3-11-4-5-20-9-15(11)24(2)17(25)10-22-18(26)13-6-12-7-16(19)21-8-14(12)23-13/h4,6-9,20,23H,3,5,10H2,1-2H3,(H,22,26). The lowest BCUT2D eigenvalue weighted by atomic mass is 10.1. The van der Waals surface area contributed by atoms with Crippen LogP contribution in [0.3, 0.4) is 0 Å². The summed E-state index contributed by atoms with van der Waals surface area (Å²) in [6, 6.07) is 3.35. The molecule has 0 aliphatic carbocycles. The van der Waals surface area contributed by atoms with Gasteiger partial charge in [0.25, 0.3) is 5.91 Å². The average molecular weight is 374 g/mol. The van der Waals surface area contributed by atoms with Crippen LogP contribution in [0.2, 0.25) is 5.15 Å². The second-order valence-electron chi connectivity index (χ2n) is 5.93. The number of aromatic nitrogens is 2. The molecular formula is C18H20ClN5O2. The summed E-state index contributed by atoms with van der Waals surface area (Å²) in [6.45, 7) is 2.70. The Balaban J connectivity index is 1.63. The number of allylic oxidation sites excluding steroid dienone is 1. The van der Waals surface area contributed by atoms with E-state index in [4.69, 9.17) is 11.6 Å². The minimum absolute atomic E-state index is 0.0992.